The Kier molecular flexibility index (Phi) is 3.84. The molecular formula is C12H16BrNO2. The van der Waals surface area contributed by atoms with Crippen molar-refractivity contribution in [2.24, 2.45) is 0 Å². The van der Waals surface area contributed by atoms with Gasteiger partial charge in [-0.05, 0) is 47.1 Å². The molecule has 1 saturated heterocycles. The Bertz CT molecular complexity index is 364. The first-order valence-corrected chi connectivity index (χ1v) is 6.21. The molecular weight excluding hydrogens is 270 g/mol. The van der Waals surface area contributed by atoms with Crippen LogP contribution >= 0.6 is 15.9 Å². The second-order valence-corrected chi connectivity index (χ2v) is 5.07. The van der Waals surface area contributed by atoms with Crippen LogP contribution in [0.3, 0.4) is 0 Å². The lowest BCUT2D eigenvalue weighted by Gasteiger charge is -2.22. The van der Waals surface area contributed by atoms with E-state index in [0.29, 0.717) is 6.04 Å². The van der Waals surface area contributed by atoms with E-state index in [9.17, 15) is 5.11 Å². The van der Waals surface area contributed by atoms with Crippen molar-refractivity contribution in [3.63, 3.8) is 0 Å². The molecule has 88 valence electrons. The van der Waals surface area contributed by atoms with Gasteiger partial charge in [0.1, 0.15) is 5.75 Å². The smallest absolute Gasteiger partial charge is 0.129 e. The maximum absolute atomic E-state index is 9.41. The van der Waals surface area contributed by atoms with Gasteiger partial charge in [0, 0.05) is 19.2 Å². The van der Waals surface area contributed by atoms with Crippen LogP contribution in [0.15, 0.2) is 22.7 Å². The zero-order chi connectivity index (χ0) is 11.5. The van der Waals surface area contributed by atoms with Crippen molar-refractivity contribution in [3.8, 4) is 5.75 Å². The van der Waals surface area contributed by atoms with Gasteiger partial charge in [0.05, 0.1) is 11.1 Å². The Hall–Kier alpha value is -0.580. The largest absolute Gasteiger partial charge is 0.507 e. The third-order valence-electron chi connectivity index (χ3n) is 2.97. The Morgan fingerprint density at radius 3 is 3.00 bits per heavy atom. The molecule has 0 aliphatic carbocycles. The summed E-state index contributed by atoms with van der Waals surface area (Å²) in [5.41, 5.74) is 1.19. The van der Waals surface area contributed by atoms with Crippen molar-refractivity contribution in [2.75, 3.05) is 20.3 Å². The number of halogens is 1. The molecule has 1 fully saturated rings. The number of benzene rings is 1. The second kappa shape index (κ2) is 5.17. The normalized spacial score (nSPS) is 20.6. The van der Waals surface area contributed by atoms with Crippen LogP contribution in [0.4, 0.5) is 0 Å². The highest BCUT2D eigenvalue weighted by molar-refractivity contribution is 9.10. The van der Waals surface area contributed by atoms with Crippen LogP contribution in [0.5, 0.6) is 5.75 Å². The molecule has 1 aromatic carbocycles. The molecule has 2 rings (SSSR count). The Morgan fingerprint density at radius 1 is 1.56 bits per heavy atom. The number of hydrogen-bond donors (Lipinski definition) is 1. The quantitative estimate of drug-likeness (QED) is 0.926. The first-order valence-electron chi connectivity index (χ1n) is 5.42. The van der Waals surface area contributed by atoms with E-state index >= 15 is 0 Å². The first-order chi connectivity index (χ1) is 7.66. The lowest BCUT2D eigenvalue weighted by Crippen LogP contribution is -2.31. The Labute approximate surface area is 104 Å². The highest BCUT2D eigenvalue weighted by atomic mass is 79.9. The van der Waals surface area contributed by atoms with Gasteiger partial charge in [0.2, 0.25) is 0 Å². The van der Waals surface area contributed by atoms with E-state index < -0.39 is 0 Å². The van der Waals surface area contributed by atoms with Crippen molar-refractivity contribution in [3.05, 3.63) is 28.2 Å². The van der Waals surface area contributed by atoms with Crippen molar-refractivity contribution in [2.45, 2.75) is 19.0 Å². The lowest BCUT2D eigenvalue weighted by atomic mass is 10.1. The minimum atomic E-state index is 0.288. The fourth-order valence-electron chi connectivity index (χ4n) is 1.94. The summed E-state index contributed by atoms with van der Waals surface area (Å²) in [5, 5.41) is 9.41. The third-order valence-corrected chi connectivity index (χ3v) is 3.61. The number of ether oxygens (including phenoxy) is 1. The van der Waals surface area contributed by atoms with E-state index in [4.69, 9.17) is 4.74 Å². The SMILES string of the molecule is CN(Cc1ccc(O)c(Br)c1)C1CCOC1. The monoisotopic (exact) mass is 285 g/mol. The van der Waals surface area contributed by atoms with Gasteiger partial charge in [0.25, 0.3) is 0 Å². The van der Waals surface area contributed by atoms with E-state index in [1.165, 1.54) is 5.56 Å². The molecule has 1 aromatic rings. The predicted molar refractivity (Wildman–Crippen MR) is 66.5 cm³/mol. The summed E-state index contributed by atoms with van der Waals surface area (Å²) in [7, 11) is 2.11. The van der Waals surface area contributed by atoms with Crippen LogP contribution < -0.4 is 0 Å². The van der Waals surface area contributed by atoms with Crippen molar-refractivity contribution < 1.29 is 9.84 Å². The minimum Gasteiger partial charge on any atom is -0.507 e. The lowest BCUT2D eigenvalue weighted by molar-refractivity contribution is 0.156. The van der Waals surface area contributed by atoms with Gasteiger partial charge in [-0.3, -0.25) is 4.90 Å². The summed E-state index contributed by atoms with van der Waals surface area (Å²) in [6.45, 7) is 2.58. The zero-order valence-corrected chi connectivity index (χ0v) is 10.9. The van der Waals surface area contributed by atoms with E-state index in [0.717, 1.165) is 30.7 Å². The van der Waals surface area contributed by atoms with Crippen LogP contribution in [-0.2, 0) is 11.3 Å². The molecule has 0 aromatic heterocycles. The summed E-state index contributed by atoms with van der Waals surface area (Å²) < 4.78 is 6.12. The van der Waals surface area contributed by atoms with Crippen molar-refractivity contribution in [1.29, 1.82) is 0 Å². The van der Waals surface area contributed by atoms with Crippen molar-refractivity contribution >= 4 is 15.9 Å². The van der Waals surface area contributed by atoms with Gasteiger partial charge in [-0.1, -0.05) is 6.07 Å². The molecule has 0 radical (unpaired) electrons. The van der Waals surface area contributed by atoms with Gasteiger partial charge in [-0.15, -0.1) is 0 Å². The topological polar surface area (TPSA) is 32.7 Å². The molecule has 0 bridgehead atoms. The summed E-state index contributed by atoms with van der Waals surface area (Å²) in [5.74, 6) is 0.288. The molecule has 16 heavy (non-hydrogen) atoms. The summed E-state index contributed by atoms with van der Waals surface area (Å²) in [6.07, 6.45) is 1.11. The minimum absolute atomic E-state index is 0.288. The van der Waals surface area contributed by atoms with Crippen molar-refractivity contribution in [1.82, 2.24) is 4.90 Å². The average molecular weight is 286 g/mol. The standard InChI is InChI=1S/C12H16BrNO2/c1-14(10-4-5-16-8-10)7-9-2-3-12(15)11(13)6-9/h2-3,6,10,15H,4-5,7-8H2,1H3. The fraction of sp³-hybridized carbons (Fsp3) is 0.500. The number of phenols is 1. The van der Waals surface area contributed by atoms with E-state index in [1.807, 2.05) is 12.1 Å². The number of rotatable bonds is 3. The van der Waals surface area contributed by atoms with Crippen LogP contribution in [0.1, 0.15) is 12.0 Å². The average Bonchev–Trinajstić information content (AvgIpc) is 2.77. The number of nitrogens with zero attached hydrogens (tertiary/aromatic N) is 1. The van der Waals surface area contributed by atoms with E-state index in [-0.39, 0.29) is 5.75 Å². The molecule has 4 heteroatoms. The van der Waals surface area contributed by atoms with Gasteiger partial charge < -0.3 is 9.84 Å². The summed E-state index contributed by atoms with van der Waals surface area (Å²) >= 11 is 3.33. The number of phenolic OH excluding ortho intramolecular Hbond substituents is 1. The summed E-state index contributed by atoms with van der Waals surface area (Å²) in [4.78, 5) is 2.30. The molecule has 0 amide bonds. The van der Waals surface area contributed by atoms with Crippen LogP contribution in [0, 0.1) is 0 Å². The number of hydrogen-bond acceptors (Lipinski definition) is 3. The van der Waals surface area contributed by atoms with Gasteiger partial charge >= 0.3 is 0 Å². The molecule has 1 unspecified atom stereocenters. The Morgan fingerprint density at radius 2 is 2.38 bits per heavy atom. The zero-order valence-electron chi connectivity index (χ0n) is 9.32. The molecule has 1 atom stereocenters. The maximum atomic E-state index is 9.41. The van der Waals surface area contributed by atoms with E-state index in [1.54, 1.807) is 6.07 Å². The highest BCUT2D eigenvalue weighted by Gasteiger charge is 2.20. The summed E-state index contributed by atoms with van der Waals surface area (Å²) in [6, 6.07) is 6.15. The highest BCUT2D eigenvalue weighted by Crippen LogP contribution is 2.25. The molecule has 1 N–H and O–H groups in total. The van der Waals surface area contributed by atoms with E-state index in [2.05, 4.69) is 27.9 Å². The van der Waals surface area contributed by atoms with Gasteiger partial charge in [-0.25, -0.2) is 0 Å². The van der Waals surface area contributed by atoms with Gasteiger partial charge in [0.15, 0.2) is 0 Å². The molecule has 1 aliphatic heterocycles. The van der Waals surface area contributed by atoms with Crippen LogP contribution in [0.2, 0.25) is 0 Å². The van der Waals surface area contributed by atoms with Gasteiger partial charge in [-0.2, -0.15) is 0 Å². The molecule has 0 spiro atoms. The third kappa shape index (κ3) is 2.75. The maximum Gasteiger partial charge on any atom is 0.129 e. The second-order valence-electron chi connectivity index (χ2n) is 4.22. The molecule has 0 saturated carbocycles. The first kappa shape index (κ1) is 11.9. The van der Waals surface area contributed by atoms with Crippen LogP contribution in [0.25, 0.3) is 0 Å². The fourth-order valence-corrected chi connectivity index (χ4v) is 2.36. The molecule has 1 heterocycles. The molecule has 1 aliphatic rings. The Balaban J connectivity index is 1.99. The van der Waals surface area contributed by atoms with Crippen LogP contribution in [-0.4, -0.2) is 36.3 Å². The number of aromatic hydroxyl groups is 1. The predicted octanol–water partition coefficient (Wildman–Crippen LogP) is 2.38. The number of likely N-dealkylation sites (N-methyl/N-ethyl adjacent to an activating group) is 1. The molecule has 3 nitrogen and oxygen atoms in total.